The zero-order valence-electron chi connectivity index (χ0n) is 11.4. The molecule has 0 saturated carbocycles. The predicted molar refractivity (Wildman–Crippen MR) is 83.4 cm³/mol. The number of nitrogens with one attached hydrogen (secondary N) is 1. The highest BCUT2D eigenvalue weighted by molar-refractivity contribution is 8.14. The Morgan fingerprint density at radius 1 is 1.35 bits per heavy atom. The molecular weight excluding hydrogens is 248 g/mol. The van der Waals surface area contributed by atoms with E-state index in [9.17, 15) is 0 Å². The summed E-state index contributed by atoms with van der Waals surface area (Å²) in [6, 6.07) is 0. The maximum absolute atomic E-state index is 4.55. The average molecular weight is 274 g/mol. The van der Waals surface area contributed by atoms with Gasteiger partial charge in [-0.15, -0.1) is 0 Å². The van der Waals surface area contributed by atoms with Gasteiger partial charge in [-0.25, -0.2) is 0 Å². The van der Waals surface area contributed by atoms with Crippen LogP contribution < -0.4 is 5.32 Å². The van der Waals surface area contributed by atoms with Crippen LogP contribution in [0.4, 0.5) is 0 Å². The fourth-order valence-corrected chi connectivity index (χ4v) is 3.29. The highest BCUT2D eigenvalue weighted by Crippen LogP contribution is 2.25. The van der Waals surface area contributed by atoms with Crippen LogP contribution in [0.25, 0.3) is 0 Å². The number of nitrogens with zero attached hydrogens (tertiary/aromatic N) is 1. The van der Waals surface area contributed by atoms with Crippen LogP contribution in [0.3, 0.4) is 0 Å². The molecule has 0 fully saturated rings. The lowest BCUT2D eigenvalue weighted by molar-refractivity contribution is 0.621. The fraction of sp³-hybridized carbons (Fsp3) is 0.923. The van der Waals surface area contributed by atoms with Gasteiger partial charge in [0.2, 0.25) is 0 Å². The third kappa shape index (κ3) is 6.61. The number of thioether (sulfide) groups is 2. The van der Waals surface area contributed by atoms with Crippen LogP contribution in [-0.2, 0) is 0 Å². The number of unbranched alkanes of at least 4 members (excludes halogenated alkanes) is 3. The van der Waals surface area contributed by atoms with Gasteiger partial charge in [0.15, 0.2) is 5.17 Å². The van der Waals surface area contributed by atoms with Gasteiger partial charge in [-0.3, -0.25) is 4.99 Å². The van der Waals surface area contributed by atoms with Crippen molar-refractivity contribution in [2.24, 2.45) is 10.9 Å². The van der Waals surface area contributed by atoms with E-state index in [-0.39, 0.29) is 0 Å². The van der Waals surface area contributed by atoms with Crippen LogP contribution in [-0.4, -0.2) is 35.5 Å². The Hall–Kier alpha value is 0.170. The largest absolute Gasteiger partial charge is 0.365 e. The summed E-state index contributed by atoms with van der Waals surface area (Å²) in [6.07, 6.45) is 7.55. The molecule has 0 saturated heterocycles. The molecule has 17 heavy (non-hydrogen) atoms. The lowest BCUT2D eigenvalue weighted by Crippen LogP contribution is -2.21. The molecule has 1 heterocycles. The summed E-state index contributed by atoms with van der Waals surface area (Å²) in [7, 11) is 0. The summed E-state index contributed by atoms with van der Waals surface area (Å²) in [6.45, 7) is 6.65. The number of amidine groups is 1. The summed E-state index contributed by atoms with van der Waals surface area (Å²) < 4.78 is 0. The Morgan fingerprint density at radius 3 is 2.76 bits per heavy atom. The highest BCUT2D eigenvalue weighted by Gasteiger charge is 2.21. The van der Waals surface area contributed by atoms with E-state index >= 15 is 0 Å². The van der Waals surface area contributed by atoms with E-state index in [0.29, 0.717) is 5.25 Å². The molecule has 0 amide bonds. The van der Waals surface area contributed by atoms with E-state index in [1.165, 1.54) is 36.6 Å². The van der Waals surface area contributed by atoms with Crippen molar-refractivity contribution >= 4 is 28.7 Å². The first kappa shape index (κ1) is 15.2. The second kappa shape index (κ2) is 9.15. The van der Waals surface area contributed by atoms with E-state index in [4.69, 9.17) is 0 Å². The Balaban J connectivity index is 1.94. The molecule has 1 aliphatic rings. The van der Waals surface area contributed by atoms with E-state index in [1.807, 2.05) is 23.5 Å². The number of aliphatic imine (C=N–C) groups is 1. The second-order valence-electron chi connectivity index (χ2n) is 4.88. The highest BCUT2D eigenvalue weighted by atomic mass is 32.2. The van der Waals surface area contributed by atoms with Gasteiger partial charge in [-0.1, -0.05) is 38.5 Å². The second-order valence-corrected chi connectivity index (χ2v) is 7.09. The normalized spacial score (nSPS) is 19.8. The van der Waals surface area contributed by atoms with Crippen LogP contribution >= 0.6 is 23.5 Å². The van der Waals surface area contributed by atoms with Crippen molar-refractivity contribution in [2.45, 2.75) is 44.8 Å². The van der Waals surface area contributed by atoms with Crippen molar-refractivity contribution in [1.82, 2.24) is 5.32 Å². The quantitative estimate of drug-likeness (QED) is 0.684. The van der Waals surface area contributed by atoms with Gasteiger partial charge in [0.1, 0.15) is 0 Å². The van der Waals surface area contributed by atoms with Crippen molar-refractivity contribution in [3.8, 4) is 0 Å². The van der Waals surface area contributed by atoms with Gasteiger partial charge in [-0.2, -0.15) is 11.8 Å². The SMILES string of the molecule is CSCCCCCCNC1=NCC(C(C)C)S1. The van der Waals surface area contributed by atoms with Crippen LogP contribution in [0.5, 0.6) is 0 Å². The smallest absolute Gasteiger partial charge is 0.156 e. The first-order chi connectivity index (χ1) is 8.24. The van der Waals surface area contributed by atoms with Crippen molar-refractivity contribution in [1.29, 1.82) is 0 Å². The van der Waals surface area contributed by atoms with E-state index in [1.54, 1.807) is 0 Å². The maximum Gasteiger partial charge on any atom is 0.156 e. The molecule has 0 aromatic carbocycles. The number of hydrogen-bond donors (Lipinski definition) is 1. The summed E-state index contributed by atoms with van der Waals surface area (Å²) in [5.74, 6) is 2.04. The Morgan fingerprint density at radius 2 is 2.12 bits per heavy atom. The molecular formula is C13H26N2S2. The number of rotatable bonds is 8. The molecule has 2 nitrogen and oxygen atoms in total. The summed E-state index contributed by atoms with van der Waals surface area (Å²) in [4.78, 5) is 4.55. The molecule has 1 N–H and O–H groups in total. The van der Waals surface area contributed by atoms with Crippen LogP contribution in [0, 0.1) is 5.92 Å². The average Bonchev–Trinajstić information content (AvgIpc) is 2.77. The first-order valence-electron chi connectivity index (χ1n) is 6.68. The summed E-state index contributed by atoms with van der Waals surface area (Å²) in [5, 5.41) is 5.33. The van der Waals surface area contributed by atoms with E-state index in [2.05, 4.69) is 30.4 Å². The lowest BCUT2D eigenvalue weighted by Gasteiger charge is -2.12. The van der Waals surface area contributed by atoms with Gasteiger partial charge in [0.25, 0.3) is 0 Å². The van der Waals surface area contributed by atoms with E-state index < -0.39 is 0 Å². The molecule has 0 aromatic rings. The minimum absolute atomic E-state index is 0.694. The molecule has 1 aliphatic heterocycles. The van der Waals surface area contributed by atoms with E-state index in [0.717, 1.165) is 19.0 Å². The van der Waals surface area contributed by atoms with Crippen molar-refractivity contribution in [3.63, 3.8) is 0 Å². The van der Waals surface area contributed by atoms with Crippen LogP contribution in [0.15, 0.2) is 4.99 Å². The maximum atomic E-state index is 4.55. The zero-order valence-corrected chi connectivity index (χ0v) is 13.0. The molecule has 1 unspecified atom stereocenters. The topological polar surface area (TPSA) is 24.4 Å². The number of hydrogen-bond acceptors (Lipinski definition) is 4. The van der Waals surface area contributed by atoms with Gasteiger partial charge < -0.3 is 5.32 Å². The van der Waals surface area contributed by atoms with Crippen LogP contribution in [0.1, 0.15) is 39.5 Å². The molecule has 1 rings (SSSR count). The summed E-state index contributed by atoms with van der Waals surface area (Å²) in [5.41, 5.74) is 0. The van der Waals surface area contributed by atoms with Crippen molar-refractivity contribution in [2.75, 3.05) is 25.1 Å². The molecule has 100 valence electrons. The first-order valence-corrected chi connectivity index (χ1v) is 8.95. The Kier molecular flexibility index (Phi) is 8.19. The minimum Gasteiger partial charge on any atom is -0.365 e. The van der Waals surface area contributed by atoms with Gasteiger partial charge in [0.05, 0.1) is 6.54 Å². The standard InChI is InChI=1S/C13H26N2S2/c1-11(2)12-10-15-13(17-12)14-8-6-4-5-7-9-16-3/h11-12H,4-10H2,1-3H3,(H,14,15). The predicted octanol–water partition coefficient (Wildman–Crippen LogP) is 3.63. The van der Waals surface area contributed by atoms with Crippen molar-refractivity contribution < 1.29 is 0 Å². The van der Waals surface area contributed by atoms with Gasteiger partial charge in [0, 0.05) is 11.8 Å². The van der Waals surface area contributed by atoms with Crippen LogP contribution in [0.2, 0.25) is 0 Å². The lowest BCUT2D eigenvalue weighted by atomic mass is 10.1. The molecule has 0 aliphatic carbocycles. The molecule has 0 spiro atoms. The summed E-state index contributed by atoms with van der Waals surface area (Å²) >= 11 is 3.88. The molecule has 1 atom stereocenters. The molecule has 0 radical (unpaired) electrons. The third-order valence-corrected chi connectivity index (χ3v) is 5.16. The van der Waals surface area contributed by atoms with Gasteiger partial charge >= 0.3 is 0 Å². The minimum atomic E-state index is 0.694. The molecule has 0 aromatic heterocycles. The molecule has 4 heteroatoms. The van der Waals surface area contributed by atoms with Crippen molar-refractivity contribution in [3.05, 3.63) is 0 Å². The fourth-order valence-electron chi connectivity index (χ4n) is 1.76. The zero-order chi connectivity index (χ0) is 12.5. The third-order valence-electron chi connectivity index (χ3n) is 2.97. The molecule has 0 bridgehead atoms. The Labute approximate surface area is 115 Å². The monoisotopic (exact) mass is 274 g/mol. The van der Waals surface area contributed by atoms with Gasteiger partial charge in [-0.05, 0) is 30.8 Å². The Bertz CT molecular complexity index is 229.